The predicted octanol–water partition coefficient (Wildman–Crippen LogP) is 5.25. The molecule has 8 nitrogen and oxygen atoms in total. The fraction of sp³-hybridized carbons (Fsp3) is 0.556. The molecule has 196 valence electrons. The van der Waals surface area contributed by atoms with E-state index in [1.807, 2.05) is 22.6 Å². The number of carbonyl (C=O) groups is 2. The van der Waals surface area contributed by atoms with Crippen LogP contribution in [-0.4, -0.2) is 48.5 Å². The Hall–Kier alpha value is 0.510. The lowest BCUT2D eigenvalue weighted by atomic mass is 9.84. The Morgan fingerprint density at radius 1 is 1.03 bits per heavy atom. The third-order valence-electron chi connectivity index (χ3n) is 5.48. The summed E-state index contributed by atoms with van der Waals surface area (Å²) < 4.78 is 104. The molecule has 1 spiro atoms. The Morgan fingerprint density at radius 2 is 1.57 bits per heavy atom. The van der Waals surface area contributed by atoms with E-state index >= 15 is 0 Å². The van der Waals surface area contributed by atoms with Gasteiger partial charge in [0.1, 0.15) is 5.56 Å². The summed E-state index contributed by atoms with van der Waals surface area (Å²) in [5.74, 6) is -8.49. The molecule has 1 aromatic rings. The number of rotatable bonds is 6. The molecule has 0 radical (unpaired) electrons. The standard InChI is InChI=1S/C18H14F4I4O8S/c19-17(20,18(21,22)35(29,30)31)5-6-32-14(27)7-1-3-16(4-2-7)33-13-8(15(28)34-16)9(23)10(24)11(25)12(13)26/h7H,1-6H2,(H,29,30,31)/p-1. The normalized spacial score (nSPS) is 22.9. The van der Waals surface area contributed by atoms with E-state index in [-0.39, 0.29) is 25.7 Å². The minimum atomic E-state index is -6.61. The minimum absolute atomic E-state index is 0.0931. The first-order chi connectivity index (χ1) is 15.9. The van der Waals surface area contributed by atoms with E-state index in [4.69, 9.17) is 9.47 Å². The van der Waals surface area contributed by atoms with Gasteiger partial charge in [0.15, 0.2) is 15.9 Å². The maximum absolute atomic E-state index is 13.5. The van der Waals surface area contributed by atoms with Crippen LogP contribution in [0.3, 0.4) is 0 Å². The second kappa shape index (κ2) is 10.6. The van der Waals surface area contributed by atoms with Crippen LogP contribution < -0.4 is 4.74 Å². The highest BCUT2D eigenvalue weighted by Crippen LogP contribution is 2.47. The molecule has 1 heterocycles. The average molecular weight is 973 g/mol. The van der Waals surface area contributed by atoms with E-state index in [9.17, 15) is 40.1 Å². The molecule has 0 unspecified atom stereocenters. The van der Waals surface area contributed by atoms with Crippen molar-refractivity contribution in [3.05, 3.63) is 19.8 Å². The smallest absolute Gasteiger partial charge is 0.396 e. The number of carbonyl (C=O) groups excluding carboxylic acids is 2. The van der Waals surface area contributed by atoms with Gasteiger partial charge in [0.2, 0.25) is 0 Å². The zero-order valence-electron chi connectivity index (χ0n) is 17.0. The predicted molar refractivity (Wildman–Crippen MR) is 143 cm³/mol. The largest absolute Gasteiger partial charge is 0.743 e. The molecule has 1 fully saturated rings. The Balaban J connectivity index is 1.63. The summed E-state index contributed by atoms with van der Waals surface area (Å²) >= 11 is 8.37. The number of halogens is 8. The fourth-order valence-corrected chi connectivity index (χ4v) is 7.48. The minimum Gasteiger partial charge on any atom is -0.743 e. The van der Waals surface area contributed by atoms with Crippen LogP contribution in [0.5, 0.6) is 5.75 Å². The lowest BCUT2D eigenvalue weighted by molar-refractivity contribution is -0.187. The Kier molecular flexibility index (Phi) is 9.09. The van der Waals surface area contributed by atoms with Crippen molar-refractivity contribution < 1.29 is 54.3 Å². The number of esters is 2. The first-order valence-electron chi connectivity index (χ1n) is 9.60. The van der Waals surface area contributed by atoms with E-state index in [1.165, 1.54) is 0 Å². The van der Waals surface area contributed by atoms with Crippen molar-refractivity contribution in [2.24, 2.45) is 5.92 Å². The van der Waals surface area contributed by atoms with Crippen LogP contribution in [0.15, 0.2) is 0 Å². The number of hydrogen-bond acceptors (Lipinski definition) is 8. The van der Waals surface area contributed by atoms with Crippen LogP contribution in [0.25, 0.3) is 0 Å². The highest BCUT2D eigenvalue weighted by molar-refractivity contribution is 14.1. The van der Waals surface area contributed by atoms with Crippen LogP contribution in [-0.2, 0) is 24.4 Å². The van der Waals surface area contributed by atoms with Crippen LogP contribution in [0.4, 0.5) is 17.6 Å². The molecule has 1 saturated carbocycles. The topological polar surface area (TPSA) is 119 Å². The Morgan fingerprint density at radius 3 is 2.11 bits per heavy atom. The van der Waals surface area contributed by atoms with Crippen LogP contribution in [0.1, 0.15) is 42.5 Å². The van der Waals surface area contributed by atoms with Gasteiger partial charge in [-0.15, -0.1) is 0 Å². The molecule has 1 aromatic carbocycles. The summed E-state index contributed by atoms with van der Waals surface area (Å²) in [7, 11) is -6.61. The van der Waals surface area contributed by atoms with Gasteiger partial charge < -0.3 is 18.8 Å². The van der Waals surface area contributed by atoms with Gasteiger partial charge in [-0.3, -0.25) is 4.79 Å². The number of fused-ring (bicyclic) bond motifs is 1. The van der Waals surface area contributed by atoms with Crippen LogP contribution >= 0.6 is 90.4 Å². The first-order valence-corrected chi connectivity index (χ1v) is 15.3. The number of hydrogen-bond donors (Lipinski definition) is 0. The third kappa shape index (κ3) is 5.77. The molecule has 0 amide bonds. The van der Waals surface area contributed by atoms with Crippen molar-refractivity contribution in [3.63, 3.8) is 0 Å². The van der Waals surface area contributed by atoms with Crippen LogP contribution in [0, 0.1) is 20.2 Å². The van der Waals surface area contributed by atoms with Gasteiger partial charge in [0.05, 0.1) is 22.5 Å². The quantitative estimate of drug-likeness (QED) is 0.0949. The van der Waals surface area contributed by atoms with E-state index in [0.29, 0.717) is 14.9 Å². The van der Waals surface area contributed by atoms with Crippen molar-refractivity contribution in [1.29, 1.82) is 0 Å². The van der Waals surface area contributed by atoms with Gasteiger partial charge in [-0.2, -0.15) is 17.6 Å². The molecule has 0 atom stereocenters. The zero-order valence-corrected chi connectivity index (χ0v) is 26.5. The molecule has 17 heteroatoms. The highest BCUT2D eigenvalue weighted by atomic mass is 127. The SMILES string of the molecule is O=C1OC2(CCC(C(=O)OCCC(F)(F)C(F)(F)S(=O)(=O)[O-])CC2)Oc2c(I)c(I)c(I)c(I)c21. The molecule has 1 aliphatic heterocycles. The molecule has 0 saturated heterocycles. The van der Waals surface area contributed by atoms with E-state index in [2.05, 4.69) is 72.5 Å². The molecular weight excluding hydrogens is 960 g/mol. The van der Waals surface area contributed by atoms with Gasteiger partial charge >= 0.3 is 23.1 Å². The van der Waals surface area contributed by atoms with Crippen molar-refractivity contribution in [2.45, 2.75) is 49.1 Å². The second-order valence-electron chi connectivity index (χ2n) is 7.73. The second-order valence-corrected chi connectivity index (χ2v) is 13.5. The molecule has 0 aromatic heterocycles. The third-order valence-corrected chi connectivity index (χ3v) is 13.8. The van der Waals surface area contributed by atoms with Gasteiger partial charge in [0.25, 0.3) is 5.79 Å². The summed E-state index contributed by atoms with van der Waals surface area (Å²) in [6.45, 7) is -1.22. The van der Waals surface area contributed by atoms with Crippen molar-refractivity contribution in [1.82, 2.24) is 0 Å². The molecule has 0 bridgehead atoms. The van der Waals surface area contributed by atoms with Crippen molar-refractivity contribution in [2.75, 3.05) is 6.61 Å². The summed E-state index contributed by atoms with van der Waals surface area (Å²) in [4.78, 5) is 25.1. The van der Waals surface area contributed by atoms with Crippen LogP contribution in [0.2, 0.25) is 0 Å². The summed E-state index contributed by atoms with van der Waals surface area (Å²) in [5.41, 5.74) is 0.310. The monoisotopic (exact) mass is 973 g/mol. The zero-order chi connectivity index (χ0) is 26.6. The molecule has 3 rings (SSSR count). The number of alkyl halides is 4. The molecule has 1 aliphatic carbocycles. The van der Waals surface area contributed by atoms with E-state index in [0.717, 1.165) is 10.7 Å². The number of benzene rings is 1. The van der Waals surface area contributed by atoms with E-state index in [1.54, 1.807) is 0 Å². The van der Waals surface area contributed by atoms with Gasteiger partial charge in [-0.25, -0.2) is 13.2 Å². The maximum atomic E-state index is 13.5. The lowest BCUT2D eigenvalue weighted by Crippen LogP contribution is -2.49. The summed E-state index contributed by atoms with van der Waals surface area (Å²) in [6, 6.07) is 0. The molecule has 0 N–H and O–H groups in total. The summed E-state index contributed by atoms with van der Waals surface area (Å²) in [5, 5.41) is -5.84. The highest BCUT2D eigenvalue weighted by Gasteiger charge is 2.61. The van der Waals surface area contributed by atoms with Gasteiger partial charge in [-0.05, 0) is 103 Å². The maximum Gasteiger partial charge on any atom is 0.396 e. The molecule has 35 heavy (non-hydrogen) atoms. The van der Waals surface area contributed by atoms with E-state index < -0.39 is 58.0 Å². The van der Waals surface area contributed by atoms with Gasteiger partial charge in [0, 0.05) is 23.6 Å². The first kappa shape index (κ1) is 30.1. The number of ether oxygens (including phenoxy) is 3. The molecule has 2 aliphatic rings. The van der Waals surface area contributed by atoms with Crippen molar-refractivity contribution >= 4 is 112 Å². The van der Waals surface area contributed by atoms with Crippen molar-refractivity contribution in [3.8, 4) is 5.75 Å². The average Bonchev–Trinajstić information content (AvgIpc) is 2.75. The van der Waals surface area contributed by atoms with Gasteiger partial charge in [-0.1, -0.05) is 0 Å². The fourth-order valence-electron chi connectivity index (χ4n) is 3.54. The summed E-state index contributed by atoms with van der Waals surface area (Å²) in [6.07, 6.45) is -1.47. The Labute approximate surface area is 251 Å². The lowest BCUT2D eigenvalue weighted by Gasteiger charge is -2.42. The molecular formula is C18H13F4I4O8S-. The Bertz CT molecular complexity index is 1170.